The molecule has 2 atom stereocenters. The second-order valence-electron chi connectivity index (χ2n) is 5.26. The number of carboxylic acid groups (broad SMARTS) is 1. The second-order valence-corrected chi connectivity index (χ2v) is 5.69. The molecule has 6 heteroatoms. The number of carbonyl (C=O) groups excluding carboxylic acids is 1. The molecule has 0 bridgehead atoms. The van der Waals surface area contributed by atoms with Gasteiger partial charge in [0, 0.05) is 18.6 Å². The van der Waals surface area contributed by atoms with Gasteiger partial charge in [-0.3, -0.25) is 4.79 Å². The van der Waals surface area contributed by atoms with Crippen LogP contribution in [0, 0.1) is 0 Å². The molecule has 0 unspecified atom stereocenters. The smallest absolute Gasteiger partial charge is 0.326 e. The third kappa shape index (κ3) is 4.81. The number of halogens is 1. The van der Waals surface area contributed by atoms with E-state index in [1.165, 1.54) is 7.11 Å². The molecule has 0 aliphatic carbocycles. The fourth-order valence-electron chi connectivity index (χ4n) is 2.33. The van der Waals surface area contributed by atoms with E-state index >= 15 is 0 Å². The van der Waals surface area contributed by atoms with Crippen molar-refractivity contribution in [1.82, 2.24) is 5.32 Å². The fraction of sp³-hybridized carbons (Fsp3) is 0.222. The summed E-state index contributed by atoms with van der Waals surface area (Å²) >= 11 is 5.82. The Morgan fingerprint density at radius 2 is 1.75 bits per heavy atom. The summed E-state index contributed by atoms with van der Waals surface area (Å²) in [5.41, 5.74) is 1.42. The highest BCUT2D eigenvalue weighted by Crippen LogP contribution is 2.17. The predicted octanol–water partition coefficient (Wildman–Crippen LogP) is 2.84. The molecule has 0 saturated heterocycles. The fourth-order valence-corrected chi connectivity index (χ4v) is 2.45. The summed E-state index contributed by atoms with van der Waals surface area (Å²) in [6.45, 7) is 0. The summed E-state index contributed by atoms with van der Waals surface area (Å²) in [4.78, 5) is 23.9. The van der Waals surface area contributed by atoms with Crippen LogP contribution in [-0.4, -0.2) is 30.1 Å². The Balaban J connectivity index is 2.10. The Morgan fingerprint density at radius 3 is 2.29 bits per heavy atom. The van der Waals surface area contributed by atoms with Gasteiger partial charge < -0.3 is 15.2 Å². The van der Waals surface area contributed by atoms with Crippen molar-refractivity contribution in [3.8, 4) is 0 Å². The standard InChI is InChI=1S/C18H18ClNO4/c1-24-16(13-5-3-2-4-6-13)17(21)20-15(18(22)23)11-12-7-9-14(19)10-8-12/h2-10,15-16H,11H2,1H3,(H,20,21)(H,22,23)/t15-,16-/m0/s1. The molecule has 0 aromatic heterocycles. The normalized spacial score (nSPS) is 13.1. The molecule has 0 aliphatic heterocycles. The van der Waals surface area contributed by atoms with Crippen molar-refractivity contribution >= 4 is 23.5 Å². The molecule has 2 aromatic carbocycles. The maximum absolute atomic E-state index is 12.4. The Kier molecular flexibility index (Phi) is 6.35. The first-order valence-corrected chi connectivity index (χ1v) is 7.74. The number of carboxylic acids is 1. The van der Waals surface area contributed by atoms with Gasteiger partial charge in [-0.15, -0.1) is 0 Å². The molecular weight excluding hydrogens is 330 g/mol. The molecule has 1 amide bonds. The number of ether oxygens (including phenoxy) is 1. The maximum Gasteiger partial charge on any atom is 0.326 e. The van der Waals surface area contributed by atoms with Gasteiger partial charge in [-0.2, -0.15) is 0 Å². The zero-order valence-corrected chi connectivity index (χ0v) is 13.9. The molecule has 0 spiro atoms. The second kappa shape index (κ2) is 8.47. The first kappa shape index (κ1) is 18.0. The van der Waals surface area contributed by atoms with Crippen molar-refractivity contribution in [3.05, 3.63) is 70.7 Å². The summed E-state index contributed by atoms with van der Waals surface area (Å²) < 4.78 is 5.22. The number of rotatable bonds is 7. The number of benzene rings is 2. The topological polar surface area (TPSA) is 75.6 Å². The van der Waals surface area contributed by atoms with Gasteiger partial charge in [0.15, 0.2) is 6.10 Å². The van der Waals surface area contributed by atoms with E-state index in [2.05, 4.69) is 5.32 Å². The number of hydrogen-bond donors (Lipinski definition) is 2. The van der Waals surface area contributed by atoms with E-state index in [4.69, 9.17) is 16.3 Å². The molecule has 0 heterocycles. The molecule has 126 valence electrons. The van der Waals surface area contributed by atoms with Gasteiger partial charge in [0.1, 0.15) is 6.04 Å². The monoisotopic (exact) mass is 347 g/mol. The van der Waals surface area contributed by atoms with Crippen molar-refractivity contribution in [2.24, 2.45) is 0 Å². The molecule has 5 nitrogen and oxygen atoms in total. The van der Waals surface area contributed by atoms with Crippen LogP contribution in [0.3, 0.4) is 0 Å². The minimum Gasteiger partial charge on any atom is -0.480 e. The third-order valence-corrected chi connectivity index (χ3v) is 3.80. The Labute approximate surface area is 145 Å². The van der Waals surface area contributed by atoms with Crippen LogP contribution in [0.25, 0.3) is 0 Å². The SMILES string of the molecule is CO[C@H](C(=O)N[C@@H](Cc1ccc(Cl)cc1)C(=O)O)c1ccccc1. The van der Waals surface area contributed by atoms with Crippen molar-refractivity contribution in [3.63, 3.8) is 0 Å². The minimum atomic E-state index is -1.11. The highest BCUT2D eigenvalue weighted by Gasteiger charge is 2.26. The third-order valence-electron chi connectivity index (χ3n) is 3.54. The Morgan fingerprint density at radius 1 is 1.12 bits per heavy atom. The van der Waals surface area contributed by atoms with Crippen LogP contribution in [0.2, 0.25) is 5.02 Å². The maximum atomic E-state index is 12.4. The van der Waals surface area contributed by atoms with Crippen LogP contribution in [0.1, 0.15) is 17.2 Å². The Bertz CT molecular complexity index is 688. The van der Waals surface area contributed by atoms with Crippen LogP contribution >= 0.6 is 11.6 Å². The molecule has 0 saturated carbocycles. The lowest BCUT2D eigenvalue weighted by molar-refractivity contribution is -0.144. The van der Waals surface area contributed by atoms with Crippen molar-refractivity contribution in [1.29, 1.82) is 0 Å². The molecule has 24 heavy (non-hydrogen) atoms. The largest absolute Gasteiger partial charge is 0.480 e. The van der Waals surface area contributed by atoms with Crippen LogP contribution in [-0.2, 0) is 20.7 Å². The van der Waals surface area contributed by atoms with E-state index in [9.17, 15) is 14.7 Å². The van der Waals surface area contributed by atoms with Gasteiger partial charge in [0.25, 0.3) is 5.91 Å². The summed E-state index contributed by atoms with van der Waals surface area (Å²) in [6.07, 6.45) is -0.706. The quantitative estimate of drug-likeness (QED) is 0.807. The zero-order chi connectivity index (χ0) is 17.5. The van der Waals surface area contributed by atoms with E-state index < -0.39 is 24.0 Å². The van der Waals surface area contributed by atoms with Crippen LogP contribution < -0.4 is 5.32 Å². The molecule has 2 rings (SSSR count). The first-order valence-electron chi connectivity index (χ1n) is 7.36. The average Bonchev–Trinajstić information content (AvgIpc) is 2.57. The lowest BCUT2D eigenvalue weighted by Gasteiger charge is -2.20. The lowest BCUT2D eigenvalue weighted by Crippen LogP contribution is -2.44. The number of amides is 1. The van der Waals surface area contributed by atoms with Gasteiger partial charge in [0.2, 0.25) is 0 Å². The molecule has 0 fully saturated rings. The van der Waals surface area contributed by atoms with Crippen LogP contribution in [0.5, 0.6) is 0 Å². The molecule has 2 N–H and O–H groups in total. The minimum absolute atomic E-state index is 0.156. The molecule has 0 radical (unpaired) electrons. The van der Waals surface area contributed by atoms with E-state index in [1.807, 2.05) is 6.07 Å². The van der Waals surface area contributed by atoms with Crippen molar-refractivity contribution < 1.29 is 19.4 Å². The number of carbonyl (C=O) groups is 2. The van der Waals surface area contributed by atoms with Crippen molar-refractivity contribution in [2.45, 2.75) is 18.6 Å². The lowest BCUT2D eigenvalue weighted by atomic mass is 10.0. The van der Waals surface area contributed by atoms with Gasteiger partial charge in [-0.25, -0.2) is 4.79 Å². The summed E-state index contributed by atoms with van der Waals surface area (Å²) in [5.74, 6) is -1.61. The Hall–Kier alpha value is -2.37. The van der Waals surface area contributed by atoms with Crippen molar-refractivity contribution in [2.75, 3.05) is 7.11 Å². The summed E-state index contributed by atoms with van der Waals surface area (Å²) in [6, 6.07) is 14.7. The molecule has 2 aromatic rings. The van der Waals surface area contributed by atoms with Gasteiger partial charge in [-0.05, 0) is 23.3 Å². The number of aliphatic carboxylic acids is 1. The summed E-state index contributed by atoms with van der Waals surface area (Å²) in [7, 11) is 1.41. The summed E-state index contributed by atoms with van der Waals surface area (Å²) in [5, 5.41) is 12.5. The highest BCUT2D eigenvalue weighted by atomic mass is 35.5. The van der Waals surface area contributed by atoms with Gasteiger partial charge in [0.05, 0.1) is 0 Å². The van der Waals surface area contributed by atoms with E-state index in [0.717, 1.165) is 5.56 Å². The highest BCUT2D eigenvalue weighted by molar-refractivity contribution is 6.30. The zero-order valence-electron chi connectivity index (χ0n) is 13.1. The van der Waals surface area contributed by atoms with Crippen LogP contribution in [0.15, 0.2) is 54.6 Å². The van der Waals surface area contributed by atoms with Crippen LogP contribution in [0.4, 0.5) is 0 Å². The van der Waals surface area contributed by atoms with E-state index in [-0.39, 0.29) is 6.42 Å². The number of nitrogens with one attached hydrogen (secondary N) is 1. The predicted molar refractivity (Wildman–Crippen MR) is 90.9 cm³/mol. The van der Waals surface area contributed by atoms with E-state index in [0.29, 0.717) is 10.6 Å². The first-order chi connectivity index (χ1) is 11.5. The molecular formula is C18H18ClNO4. The van der Waals surface area contributed by atoms with E-state index in [1.54, 1.807) is 48.5 Å². The average molecular weight is 348 g/mol. The van der Waals surface area contributed by atoms with Gasteiger partial charge in [-0.1, -0.05) is 54.1 Å². The van der Waals surface area contributed by atoms with Gasteiger partial charge >= 0.3 is 5.97 Å². The molecule has 0 aliphatic rings. The number of hydrogen-bond acceptors (Lipinski definition) is 3. The number of methoxy groups -OCH3 is 1.